The highest BCUT2D eigenvalue weighted by atomic mass is 32.1. The number of nitrogens with one attached hydrogen (secondary N) is 3. The van der Waals surface area contributed by atoms with E-state index in [1.807, 2.05) is 36.7 Å². The summed E-state index contributed by atoms with van der Waals surface area (Å²) in [6.45, 7) is 3.49. The van der Waals surface area contributed by atoms with Crippen molar-refractivity contribution < 1.29 is 4.79 Å². The largest absolute Gasteiger partial charge is 0.335 e. The van der Waals surface area contributed by atoms with Gasteiger partial charge in [0.2, 0.25) is 0 Å². The lowest BCUT2D eigenvalue weighted by Crippen LogP contribution is -2.20. The molecule has 0 spiro atoms. The first-order valence-electron chi connectivity index (χ1n) is 13.7. The highest BCUT2D eigenvalue weighted by Gasteiger charge is 2.18. The summed E-state index contributed by atoms with van der Waals surface area (Å²) in [5.74, 6) is 1.52. The van der Waals surface area contributed by atoms with E-state index in [4.69, 9.17) is 4.98 Å². The third-order valence-corrected chi connectivity index (χ3v) is 8.98. The van der Waals surface area contributed by atoms with Crippen molar-refractivity contribution in [2.45, 2.75) is 39.2 Å². The molecule has 0 radical (unpaired) electrons. The Labute approximate surface area is 235 Å². The van der Waals surface area contributed by atoms with E-state index in [0.29, 0.717) is 11.5 Å². The predicted molar refractivity (Wildman–Crippen MR) is 159 cm³/mol. The first-order chi connectivity index (χ1) is 19.6. The van der Waals surface area contributed by atoms with Gasteiger partial charge in [-0.3, -0.25) is 14.9 Å². The Bertz CT molecular complexity index is 1840. The highest BCUT2D eigenvalue weighted by Crippen LogP contribution is 2.35. The number of carbonyl (C=O) groups is 1. The third kappa shape index (κ3) is 4.71. The fourth-order valence-corrected chi connectivity index (χ4v) is 6.58. The molecule has 1 aromatic carbocycles. The van der Waals surface area contributed by atoms with E-state index >= 15 is 0 Å². The van der Waals surface area contributed by atoms with Crippen LogP contribution in [0.2, 0.25) is 0 Å². The predicted octanol–water partition coefficient (Wildman–Crippen LogP) is 6.77. The Morgan fingerprint density at radius 1 is 1.07 bits per heavy atom. The monoisotopic (exact) mass is 547 g/mol. The van der Waals surface area contributed by atoms with Crippen LogP contribution in [0.25, 0.3) is 55.2 Å². The van der Waals surface area contributed by atoms with Crippen LogP contribution in [0.5, 0.6) is 0 Å². The van der Waals surface area contributed by atoms with Crippen LogP contribution in [0.4, 0.5) is 0 Å². The van der Waals surface area contributed by atoms with Crippen molar-refractivity contribution in [1.82, 2.24) is 35.5 Å². The van der Waals surface area contributed by atoms with Gasteiger partial charge in [-0.25, -0.2) is 9.97 Å². The summed E-state index contributed by atoms with van der Waals surface area (Å²) < 4.78 is 0. The average Bonchev–Trinajstić information content (AvgIpc) is 3.78. The summed E-state index contributed by atoms with van der Waals surface area (Å²) in [6.07, 6.45) is 11.0. The molecule has 0 amide bonds. The maximum atomic E-state index is 11.8. The van der Waals surface area contributed by atoms with Gasteiger partial charge in [0.15, 0.2) is 17.3 Å². The van der Waals surface area contributed by atoms with E-state index in [1.54, 1.807) is 13.1 Å². The van der Waals surface area contributed by atoms with Gasteiger partial charge in [0.25, 0.3) is 0 Å². The first-order valence-corrected chi connectivity index (χ1v) is 14.5. The lowest BCUT2D eigenvalue weighted by atomic mass is 10.0. The number of ketones is 1. The molecule has 1 aliphatic carbocycles. The maximum Gasteiger partial charge on any atom is 0.178 e. The van der Waals surface area contributed by atoms with E-state index in [-0.39, 0.29) is 5.78 Å². The summed E-state index contributed by atoms with van der Waals surface area (Å²) >= 11 is 1.47. The number of hydrogen-bond donors (Lipinski definition) is 3. The zero-order chi connectivity index (χ0) is 27.1. The van der Waals surface area contributed by atoms with E-state index < -0.39 is 0 Å². The number of pyridine rings is 2. The summed E-state index contributed by atoms with van der Waals surface area (Å²) in [5, 5.41) is 12.3. The van der Waals surface area contributed by atoms with Crippen LogP contribution in [-0.4, -0.2) is 42.5 Å². The number of carbonyl (C=O) groups excluding carboxylic acids is 1. The number of Topliss-reactive ketones (excluding diaryl/α,β-unsaturated/α-hetero) is 1. The van der Waals surface area contributed by atoms with Crippen LogP contribution in [-0.2, 0) is 6.54 Å². The van der Waals surface area contributed by atoms with Crippen molar-refractivity contribution in [1.29, 1.82) is 0 Å². The second-order valence-corrected chi connectivity index (χ2v) is 11.6. The van der Waals surface area contributed by atoms with Gasteiger partial charge in [0, 0.05) is 46.5 Å². The van der Waals surface area contributed by atoms with Crippen molar-refractivity contribution in [2.75, 3.05) is 6.54 Å². The molecule has 0 unspecified atom stereocenters. The van der Waals surface area contributed by atoms with E-state index in [2.05, 4.69) is 48.7 Å². The minimum Gasteiger partial charge on any atom is -0.335 e. The van der Waals surface area contributed by atoms with Gasteiger partial charge in [-0.05, 0) is 79.8 Å². The molecule has 5 heterocycles. The number of aromatic amines is 2. The molecule has 0 atom stereocenters. The molecule has 1 saturated carbocycles. The second kappa shape index (κ2) is 10.4. The lowest BCUT2D eigenvalue weighted by Gasteiger charge is -2.11. The number of nitrogens with zero attached hydrogens (tertiary/aromatic N) is 4. The number of thiophene rings is 1. The quantitative estimate of drug-likeness (QED) is 0.181. The normalized spacial score (nSPS) is 14.0. The Hall–Kier alpha value is -4.21. The molecule has 0 saturated heterocycles. The van der Waals surface area contributed by atoms with Gasteiger partial charge >= 0.3 is 0 Å². The Kier molecular flexibility index (Phi) is 6.45. The van der Waals surface area contributed by atoms with Crippen molar-refractivity contribution in [3.8, 4) is 33.1 Å². The number of imidazole rings is 1. The average molecular weight is 548 g/mol. The number of benzene rings is 1. The zero-order valence-corrected chi connectivity index (χ0v) is 23.0. The number of H-pyrrole nitrogens is 2. The molecular weight excluding hydrogens is 518 g/mol. The molecule has 8 nitrogen and oxygen atoms in total. The number of aromatic nitrogens is 6. The minimum absolute atomic E-state index is 0.0618. The van der Waals surface area contributed by atoms with Crippen molar-refractivity contribution >= 4 is 39.2 Å². The number of fused-ring (bicyclic) bond motifs is 2. The van der Waals surface area contributed by atoms with Crippen LogP contribution < -0.4 is 5.32 Å². The van der Waals surface area contributed by atoms with E-state index in [0.717, 1.165) is 67.6 Å². The summed E-state index contributed by atoms with van der Waals surface area (Å²) in [4.78, 5) is 30.8. The molecule has 7 rings (SSSR count). The molecular formula is C31H29N7OS. The molecule has 5 aromatic heterocycles. The maximum absolute atomic E-state index is 11.8. The molecule has 6 aromatic rings. The van der Waals surface area contributed by atoms with Crippen molar-refractivity contribution in [3.05, 3.63) is 71.5 Å². The van der Waals surface area contributed by atoms with E-state index in [1.165, 1.54) is 42.6 Å². The van der Waals surface area contributed by atoms with Crippen LogP contribution >= 0.6 is 11.3 Å². The smallest absolute Gasteiger partial charge is 0.178 e. The van der Waals surface area contributed by atoms with Gasteiger partial charge in [-0.1, -0.05) is 18.9 Å². The van der Waals surface area contributed by atoms with Crippen LogP contribution in [0, 0.1) is 5.92 Å². The molecule has 1 aliphatic rings. The summed E-state index contributed by atoms with van der Waals surface area (Å²) in [6, 6.07) is 14.3. The van der Waals surface area contributed by atoms with Gasteiger partial charge in [-0.15, -0.1) is 11.3 Å². The molecule has 200 valence electrons. The fourth-order valence-electron chi connectivity index (χ4n) is 5.65. The highest BCUT2D eigenvalue weighted by molar-refractivity contribution is 7.17. The van der Waals surface area contributed by atoms with Gasteiger partial charge in [0.1, 0.15) is 5.69 Å². The zero-order valence-electron chi connectivity index (χ0n) is 22.2. The Morgan fingerprint density at radius 2 is 1.98 bits per heavy atom. The van der Waals surface area contributed by atoms with Crippen LogP contribution in [0.1, 0.15) is 47.8 Å². The standard InChI is InChI=1S/C31H29N7OS/c1-18(39)26-8-9-27(40-26)23-10-11-34-30-28(23)35-31(36-30)29-24-13-21(6-7-25(24)37-38-29)22-12-20(16-33-17-22)15-32-14-19-4-2-3-5-19/h6-13,16-17,19,32H,2-5,14-15H2,1H3,(H,37,38)(H,34,35,36). The Balaban J connectivity index is 1.20. The van der Waals surface area contributed by atoms with Gasteiger partial charge in [-0.2, -0.15) is 5.10 Å². The van der Waals surface area contributed by atoms with Gasteiger partial charge in [0.05, 0.1) is 15.9 Å². The van der Waals surface area contributed by atoms with Crippen molar-refractivity contribution in [3.63, 3.8) is 0 Å². The molecule has 40 heavy (non-hydrogen) atoms. The third-order valence-electron chi connectivity index (χ3n) is 7.76. The number of rotatable bonds is 8. The lowest BCUT2D eigenvalue weighted by molar-refractivity contribution is 0.102. The first kappa shape index (κ1) is 24.8. The summed E-state index contributed by atoms with van der Waals surface area (Å²) in [7, 11) is 0. The Morgan fingerprint density at radius 3 is 2.83 bits per heavy atom. The number of hydrogen-bond acceptors (Lipinski definition) is 7. The van der Waals surface area contributed by atoms with E-state index in [9.17, 15) is 4.79 Å². The topological polar surface area (TPSA) is 112 Å². The molecule has 9 heteroatoms. The van der Waals surface area contributed by atoms with Gasteiger partial charge < -0.3 is 10.3 Å². The van der Waals surface area contributed by atoms with Crippen molar-refractivity contribution in [2.24, 2.45) is 5.92 Å². The van der Waals surface area contributed by atoms with Crippen LogP contribution in [0.15, 0.2) is 61.1 Å². The molecule has 1 fully saturated rings. The SMILES string of the molecule is CC(=O)c1ccc(-c2ccnc3nc(-c4n[nH]c5ccc(-c6cncc(CNCC7CCCC7)c6)cc45)[nH]c23)s1. The molecule has 0 bridgehead atoms. The molecule has 0 aliphatic heterocycles. The fraction of sp³-hybridized carbons (Fsp3) is 0.258. The molecule has 3 N–H and O–H groups in total. The minimum atomic E-state index is 0.0618. The summed E-state index contributed by atoms with van der Waals surface area (Å²) in [5.41, 5.74) is 7.39. The van der Waals surface area contributed by atoms with Crippen LogP contribution in [0.3, 0.4) is 0 Å². The second-order valence-electron chi connectivity index (χ2n) is 10.6.